The number of aromatic nitrogens is 1. The highest BCUT2D eigenvalue weighted by molar-refractivity contribution is 5.81. The second-order valence-corrected chi connectivity index (χ2v) is 3.80. The highest BCUT2D eigenvalue weighted by Crippen LogP contribution is 2.21. The van der Waals surface area contributed by atoms with Crippen molar-refractivity contribution in [2.24, 2.45) is 0 Å². The molecule has 1 heterocycles. The van der Waals surface area contributed by atoms with Crippen molar-refractivity contribution in [2.75, 3.05) is 7.11 Å². The molecule has 0 bridgehead atoms. The van der Waals surface area contributed by atoms with Gasteiger partial charge in [-0.05, 0) is 30.5 Å². The van der Waals surface area contributed by atoms with Crippen LogP contribution in [0.3, 0.4) is 0 Å². The number of nitrogens with one attached hydrogen (secondary N) is 1. The summed E-state index contributed by atoms with van der Waals surface area (Å²) >= 11 is 0. The number of aromatic amines is 1. The number of benzene rings is 1. The minimum Gasteiger partial charge on any atom is -0.497 e. The molecule has 1 aromatic heterocycles. The molecule has 0 unspecified atom stereocenters. The molecule has 0 spiro atoms. The van der Waals surface area contributed by atoms with Gasteiger partial charge in [0.25, 0.3) is 0 Å². The molecular weight excluding hydrogens is 190 g/mol. The quantitative estimate of drug-likeness (QED) is 0.806. The third-order valence-electron chi connectivity index (χ3n) is 2.40. The van der Waals surface area contributed by atoms with Crippen molar-refractivity contribution in [1.82, 2.24) is 4.98 Å². The summed E-state index contributed by atoms with van der Waals surface area (Å²) in [5.41, 5.74) is 2.10. The molecular formula is C12H15NO2. The van der Waals surface area contributed by atoms with Gasteiger partial charge in [0.1, 0.15) is 5.75 Å². The summed E-state index contributed by atoms with van der Waals surface area (Å²) in [6.07, 6.45) is 0.330. The predicted octanol–water partition coefficient (Wildman–Crippen LogP) is 2.10. The molecule has 0 aliphatic heterocycles. The molecule has 15 heavy (non-hydrogen) atoms. The Labute approximate surface area is 88.7 Å². The highest BCUT2D eigenvalue weighted by atomic mass is 16.5. The summed E-state index contributed by atoms with van der Waals surface area (Å²) in [5.74, 6) is 0.841. The van der Waals surface area contributed by atoms with Crippen LogP contribution in [-0.2, 0) is 6.42 Å². The Kier molecular flexibility index (Phi) is 2.64. The number of aliphatic hydroxyl groups excluding tert-OH is 1. The van der Waals surface area contributed by atoms with E-state index in [-0.39, 0.29) is 6.10 Å². The average molecular weight is 205 g/mol. The SMILES string of the molecule is COc1ccc2cc(C[C@H](C)O)[nH]c2c1. The lowest BCUT2D eigenvalue weighted by Gasteiger charge is -1.99. The second-order valence-electron chi connectivity index (χ2n) is 3.80. The molecule has 0 aliphatic carbocycles. The van der Waals surface area contributed by atoms with Gasteiger partial charge in [-0.25, -0.2) is 0 Å². The number of ether oxygens (including phenoxy) is 1. The number of hydrogen-bond acceptors (Lipinski definition) is 2. The van der Waals surface area contributed by atoms with Crippen LogP contribution in [0.5, 0.6) is 5.75 Å². The minimum atomic E-state index is -0.319. The molecule has 2 N–H and O–H groups in total. The number of methoxy groups -OCH3 is 1. The number of rotatable bonds is 3. The molecule has 0 aliphatic rings. The molecule has 3 heteroatoms. The first-order valence-corrected chi connectivity index (χ1v) is 5.03. The van der Waals surface area contributed by atoms with Crippen molar-refractivity contribution in [2.45, 2.75) is 19.4 Å². The molecule has 0 saturated heterocycles. The maximum atomic E-state index is 9.29. The van der Waals surface area contributed by atoms with Crippen molar-refractivity contribution >= 4 is 10.9 Å². The zero-order valence-corrected chi connectivity index (χ0v) is 8.95. The lowest BCUT2D eigenvalue weighted by atomic mass is 10.2. The van der Waals surface area contributed by atoms with Crippen LogP contribution >= 0.6 is 0 Å². The van der Waals surface area contributed by atoms with Gasteiger partial charge in [-0.3, -0.25) is 0 Å². The molecule has 0 radical (unpaired) electrons. The maximum Gasteiger partial charge on any atom is 0.120 e. The van der Waals surface area contributed by atoms with Crippen LogP contribution in [0.25, 0.3) is 10.9 Å². The normalized spacial score (nSPS) is 13.0. The van der Waals surface area contributed by atoms with Crippen LogP contribution < -0.4 is 4.74 Å². The smallest absolute Gasteiger partial charge is 0.120 e. The van der Waals surface area contributed by atoms with Crippen LogP contribution in [0.4, 0.5) is 0 Å². The van der Waals surface area contributed by atoms with Gasteiger partial charge in [0, 0.05) is 23.7 Å². The van der Waals surface area contributed by atoms with Gasteiger partial charge in [0.2, 0.25) is 0 Å². The topological polar surface area (TPSA) is 45.2 Å². The highest BCUT2D eigenvalue weighted by Gasteiger charge is 2.04. The van der Waals surface area contributed by atoms with Gasteiger partial charge in [0.15, 0.2) is 0 Å². The Morgan fingerprint density at radius 2 is 2.20 bits per heavy atom. The van der Waals surface area contributed by atoms with Crippen molar-refractivity contribution in [3.63, 3.8) is 0 Å². The monoisotopic (exact) mass is 205 g/mol. The van der Waals surface area contributed by atoms with Crippen molar-refractivity contribution in [3.8, 4) is 5.75 Å². The number of H-pyrrole nitrogens is 1. The van der Waals surface area contributed by atoms with E-state index in [1.54, 1.807) is 14.0 Å². The van der Waals surface area contributed by atoms with E-state index in [1.807, 2.05) is 18.2 Å². The summed E-state index contributed by atoms with van der Waals surface area (Å²) < 4.78 is 5.14. The molecule has 0 fully saturated rings. The molecule has 2 rings (SSSR count). The molecule has 1 aromatic carbocycles. The summed E-state index contributed by atoms with van der Waals surface area (Å²) in [4.78, 5) is 3.26. The number of hydrogen-bond donors (Lipinski definition) is 2. The zero-order valence-electron chi connectivity index (χ0n) is 8.95. The van der Waals surface area contributed by atoms with E-state index in [0.717, 1.165) is 22.3 Å². The van der Waals surface area contributed by atoms with Gasteiger partial charge >= 0.3 is 0 Å². The third kappa shape index (κ3) is 2.13. The Hall–Kier alpha value is -1.48. The van der Waals surface area contributed by atoms with Crippen molar-refractivity contribution < 1.29 is 9.84 Å². The number of fused-ring (bicyclic) bond motifs is 1. The Bertz CT molecular complexity index is 460. The van der Waals surface area contributed by atoms with Crippen molar-refractivity contribution in [3.05, 3.63) is 30.0 Å². The lowest BCUT2D eigenvalue weighted by Crippen LogP contribution is -2.03. The molecule has 2 aromatic rings. The molecule has 80 valence electrons. The first-order valence-electron chi connectivity index (χ1n) is 5.03. The second kappa shape index (κ2) is 3.95. The maximum absolute atomic E-state index is 9.29. The Morgan fingerprint density at radius 3 is 2.87 bits per heavy atom. The standard InChI is InChI=1S/C12H15NO2/c1-8(14)5-10-6-9-3-4-11(15-2)7-12(9)13-10/h3-4,6-8,13-14H,5H2,1-2H3/t8-/m0/s1. The molecule has 0 saturated carbocycles. The molecule has 0 amide bonds. The first kappa shape index (κ1) is 10.1. The van der Waals surface area contributed by atoms with Gasteiger partial charge in [0.05, 0.1) is 13.2 Å². The van der Waals surface area contributed by atoms with Gasteiger partial charge in [-0.2, -0.15) is 0 Å². The van der Waals surface area contributed by atoms with E-state index in [9.17, 15) is 5.11 Å². The van der Waals surface area contributed by atoms with E-state index in [2.05, 4.69) is 11.1 Å². The van der Waals surface area contributed by atoms with Crippen LogP contribution in [0.1, 0.15) is 12.6 Å². The summed E-state index contributed by atoms with van der Waals surface area (Å²) in [6.45, 7) is 1.78. The van der Waals surface area contributed by atoms with E-state index < -0.39 is 0 Å². The fraction of sp³-hybridized carbons (Fsp3) is 0.333. The van der Waals surface area contributed by atoms with Crippen LogP contribution in [-0.4, -0.2) is 23.3 Å². The Morgan fingerprint density at radius 1 is 1.40 bits per heavy atom. The third-order valence-corrected chi connectivity index (χ3v) is 2.40. The lowest BCUT2D eigenvalue weighted by molar-refractivity contribution is 0.194. The van der Waals surface area contributed by atoms with Gasteiger partial charge < -0.3 is 14.8 Å². The number of aliphatic hydroxyl groups is 1. The van der Waals surface area contributed by atoms with Gasteiger partial charge in [-0.1, -0.05) is 0 Å². The predicted molar refractivity (Wildman–Crippen MR) is 60.2 cm³/mol. The first-order chi connectivity index (χ1) is 7.19. The minimum absolute atomic E-state index is 0.319. The summed E-state index contributed by atoms with van der Waals surface area (Å²) in [5, 5.41) is 10.4. The van der Waals surface area contributed by atoms with E-state index in [1.165, 1.54) is 0 Å². The zero-order chi connectivity index (χ0) is 10.8. The molecule has 3 nitrogen and oxygen atoms in total. The van der Waals surface area contributed by atoms with E-state index >= 15 is 0 Å². The fourth-order valence-corrected chi connectivity index (χ4v) is 1.72. The van der Waals surface area contributed by atoms with Crippen molar-refractivity contribution in [1.29, 1.82) is 0 Å². The Balaban J connectivity index is 2.37. The molecule has 1 atom stereocenters. The van der Waals surface area contributed by atoms with Crippen LogP contribution in [0.15, 0.2) is 24.3 Å². The average Bonchev–Trinajstić information content (AvgIpc) is 2.57. The van der Waals surface area contributed by atoms with Gasteiger partial charge in [-0.15, -0.1) is 0 Å². The fourth-order valence-electron chi connectivity index (χ4n) is 1.72. The van der Waals surface area contributed by atoms with Crippen LogP contribution in [0.2, 0.25) is 0 Å². The van der Waals surface area contributed by atoms with Crippen LogP contribution in [0, 0.1) is 0 Å². The summed E-state index contributed by atoms with van der Waals surface area (Å²) in [7, 11) is 1.65. The van der Waals surface area contributed by atoms with E-state index in [4.69, 9.17) is 4.74 Å². The van der Waals surface area contributed by atoms with E-state index in [0.29, 0.717) is 6.42 Å². The largest absolute Gasteiger partial charge is 0.497 e. The summed E-state index contributed by atoms with van der Waals surface area (Å²) in [6, 6.07) is 7.96.